The van der Waals surface area contributed by atoms with Crippen LogP contribution in [0.25, 0.3) is 11.4 Å². The second-order valence-corrected chi connectivity index (χ2v) is 5.00. The minimum atomic E-state index is 0.197. The van der Waals surface area contributed by atoms with Crippen LogP contribution in [0.3, 0.4) is 0 Å². The topological polar surface area (TPSA) is 57.4 Å². The van der Waals surface area contributed by atoms with E-state index in [2.05, 4.69) is 10.1 Å². The van der Waals surface area contributed by atoms with Gasteiger partial charge in [-0.05, 0) is 31.5 Å². The molecule has 0 N–H and O–H groups in total. The highest BCUT2D eigenvalue weighted by atomic mass is 16.5. The normalized spacial score (nSPS) is 10.5. The van der Waals surface area contributed by atoms with E-state index in [1.807, 2.05) is 62.4 Å². The third-order valence-electron chi connectivity index (χ3n) is 3.35. The van der Waals surface area contributed by atoms with E-state index in [0.29, 0.717) is 29.8 Å². The lowest BCUT2D eigenvalue weighted by atomic mass is 10.1. The Labute approximate surface area is 134 Å². The Kier molecular flexibility index (Phi) is 4.57. The molecule has 3 aromatic rings. The van der Waals surface area contributed by atoms with E-state index in [-0.39, 0.29) is 6.61 Å². The number of hydrogen-bond acceptors (Lipinski definition) is 5. The van der Waals surface area contributed by atoms with Gasteiger partial charge >= 0.3 is 0 Å². The molecule has 0 saturated heterocycles. The van der Waals surface area contributed by atoms with Gasteiger partial charge in [0, 0.05) is 5.56 Å². The summed E-state index contributed by atoms with van der Waals surface area (Å²) in [5, 5.41) is 4.02. The van der Waals surface area contributed by atoms with Gasteiger partial charge in [0.05, 0.1) is 6.61 Å². The molecule has 0 amide bonds. The second kappa shape index (κ2) is 6.96. The maximum atomic E-state index is 5.73. The molecule has 0 unspecified atom stereocenters. The highest BCUT2D eigenvalue weighted by molar-refractivity contribution is 5.58. The fourth-order valence-corrected chi connectivity index (χ4v) is 2.23. The van der Waals surface area contributed by atoms with Crippen LogP contribution in [0.5, 0.6) is 11.5 Å². The number of rotatable bonds is 6. The molecule has 3 rings (SSSR count). The molecule has 0 saturated carbocycles. The molecule has 0 fully saturated rings. The highest BCUT2D eigenvalue weighted by Crippen LogP contribution is 2.27. The summed E-state index contributed by atoms with van der Waals surface area (Å²) >= 11 is 0. The zero-order valence-electron chi connectivity index (χ0n) is 13.2. The Morgan fingerprint density at radius 1 is 0.957 bits per heavy atom. The van der Waals surface area contributed by atoms with Gasteiger partial charge in [-0.15, -0.1) is 0 Å². The molecule has 0 bridgehead atoms. The summed E-state index contributed by atoms with van der Waals surface area (Å²) in [6.07, 6.45) is 0. The smallest absolute Gasteiger partial charge is 0.264 e. The van der Waals surface area contributed by atoms with Crippen LogP contribution in [-0.2, 0) is 6.61 Å². The fourth-order valence-electron chi connectivity index (χ4n) is 2.23. The van der Waals surface area contributed by atoms with Crippen molar-refractivity contribution in [3.05, 3.63) is 60.0 Å². The van der Waals surface area contributed by atoms with Gasteiger partial charge in [-0.2, -0.15) is 4.98 Å². The third kappa shape index (κ3) is 3.51. The molecule has 1 heterocycles. The van der Waals surface area contributed by atoms with E-state index in [1.165, 1.54) is 0 Å². The van der Waals surface area contributed by atoms with Crippen LogP contribution < -0.4 is 9.47 Å². The standard InChI is InChI=1S/C18H18N2O3/c1-3-21-15-10-6-7-11-16(15)22-12-17-19-18(20-23-17)14-9-5-4-8-13(14)2/h4-11H,3,12H2,1-2H3. The number of aromatic nitrogens is 2. The molecule has 0 atom stereocenters. The van der Waals surface area contributed by atoms with Crippen molar-refractivity contribution in [2.75, 3.05) is 6.61 Å². The first-order valence-corrected chi connectivity index (χ1v) is 7.51. The van der Waals surface area contributed by atoms with Crippen LogP contribution in [0.2, 0.25) is 0 Å². The van der Waals surface area contributed by atoms with E-state index in [0.717, 1.165) is 11.1 Å². The van der Waals surface area contributed by atoms with Crippen LogP contribution in [0.1, 0.15) is 18.4 Å². The molecule has 0 aliphatic carbocycles. The Hall–Kier alpha value is -2.82. The minimum Gasteiger partial charge on any atom is -0.490 e. The molecule has 0 radical (unpaired) electrons. The van der Waals surface area contributed by atoms with Gasteiger partial charge in [0.15, 0.2) is 18.1 Å². The summed E-state index contributed by atoms with van der Waals surface area (Å²) in [4.78, 5) is 4.39. The van der Waals surface area contributed by atoms with Gasteiger partial charge in [0.25, 0.3) is 5.89 Å². The van der Waals surface area contributed by atoms with Gasteiger partial charge in [-0.25, -0.2) is 0 Å². The summed E-state index contributed by atoms with van der Waals surface area (Å²) in [7, 11) is 0. The summed E-state index contributed by atoms with van der Waals surface area (Å²) in [6.45, 7) is 4.73. The lowest BCUT2D eigenvalue weighted by molar-refractivity contribution is 0.228. The number of nitrogens with zero attached hydrogens (tertiary/aromatic N) is 2. The average molecular weight is 310 g/mol. The van der Waals surface area contributed by atoms with E-state index < -0.39 is 0 Å². The summed E-state index contributed by atoms with van der Waals surface area (Å²) in [5.74, 6) is 2.35. The molecule has 2 aromatic carbocycles. The molecule has 118 valence electrons. The predicted molar refractivity (Wildman–Crippen MR) is 86.4 cm³/mol. The SMILES string of the molecule is CCOc1ccccc1OCc1nc(-c2ccccc2C)no1. The summed E-state index contributed by atoms with van der Waals surface area (Å²) in [6, 6.07) is 15.4. The van der Waals surface area contributed by atoms with Crippen molar-refractivity contribution in [2.45, 2.75) is 20.5 Å². The number of hydrogen-bond donors (Lipinski definition) is 0. The highest BCUT2D eigenvalue weighted by Gasteiger charge is 2.12. The second-order valence-electron chi connectivity index (χ2n) is 5.00. The first kappa shape index (κ1) is 15.1. The lowest BCUT2D eigenvalue weighted by Gasteiger charge is -2.09. The van der Waals surface area contributed by atoms with Crippen LogP contribution in [0.15, 0.2) is 53.1 Å². The predicted octanol–water partition coefficient (Wildman–Crippen LogP) is 4.02. The van der Waals surface area contributed by atoms with E-state index in [1.54, 1.807) is 0 Å². The van der Waals surface area contributed by atoms with Crippen LogP contribution in [0, 0.1) is 6.92 Å². The zero-order chi connectivity index (χ0) is 16.1. The van der Waals surface area contributed by atoms with Gasteiger partial charge in [-0.1, -0.05) is 41.6 Å². The largest absolute Gasteiger partial charge is 0.490 e. The third-order valence-corrected chi connectivity index (χ3v) is 3.35. The molecule has 1 aromatic heterocycles. The van der Waals surface area contributed by atoms with Crippen LogP contribution in [0.4, 0.5) is 0 Å². The lowest BCUT2D eigenvalue weighted by Crippen LogP contribution is -1.99. The molecular weight excluding hydrogens is 292 g/mol. The Balaban J connectivity index is 1.72. The number of benzene rings is 2. The number of para-hydroxylation sites is 2. The molecule has 0 aliphatic rings. The van der Waals surface area contributed by atoms with Crippen molar-refractivity contribution >= 4 is 0 Å². The molecule has 23 heavy (non-hydrogen) atoms. The average Bonchev–Trinajstić information content (AvgIpc) is 3.03. The van der Waals surface area contributed by atoms with Crippen LogP contribution >= 0.6 is 0 Å². The summed E-state index contributed by atoms with van der Waals surface area (Å²) < 4.78 is 16.5. The fraction of sp³-hybridized carbons (Fsp3) is 0.222. The maximum absolute atomic E-state index is 5.73. The van der Waals surface area contributed by atoms with Crippen molar-refractivity contribution in [1.82, 2.24) is 10.1 Å². The Morgan fingerprint density at radius 2 is 1.65 bits per heavy atom. The van der Waals surface area contributed by atoms with Crippen molar-refractivity contribution in [2.24, 2.45) is 0 Å². The van der Waals surface area contributed by atoms with E-state index in [9.17, 15) is 0 Å². The van der Waals surface area contributed by atoms with Crippen molar-refractivity contribution < 1.29 is 14.0 Å². The minimum absolute atomic E-state index is 0.197. The number of ether oxygens (including phenoxy) is 2. The van der Waals surface area contributed by atoms with Crippen molar-refractivity contribution in [3.8, 4) is 22.9 Å². The first-order valence-electron chi connectivity index (χ1n) is 7.51. The Morgan fingerprint density at radius 3 is 2.39 bits per heavy atom. The van der Waals surface area contributed by atoms with Gasteiger partial charge < -0.3 is 14.0 Å². The summed E-state index contributed by atoms with van der Waals surface area (Å²) in [5.41, 5.74) is 2.06. The zero-order valence-corrected chi connectivity index (χ0v) is 13.2. The maximum Gasteiger partial charge on any atom is 0.264 e. The molecule has 0 spiro atoms. The van der Waals surface area contributed by atoms with E-state index in [4.69, 9.17) is 14.0 Å². The quantitative estimate of drug-likeness (QED) is 0.688. The van der Waals surface area contributed by atoms with Gasteiger partial charge in [0.2, 0.25) is 5.82 Å². The van der Waals surface area contributed by atoms with Crippen molar-refractivity contribution in [1.29, 1.82) is 0 Å². The number of aryl methyl sites for hydroxylation is 1. The molecular formula is C18H18N2O3. The monoisotopic (exact) mass is 310 g/mol. The molecule has 0 aliphatic heterocycles. The van der Waals surface area contributed by atoms with Gasteiger partial charge in [-0.3, -0.25) is 0 Å². The van der Waals surface area contributed by atoms with Crippen molar-refractivity contribution in [3.63, 3.8) is 0 Å². The molecule has 5 heteroatoms. The van der Waals surface area contributed by atoms with Crippen LogP contribution in [-0.4, -0.2) is 16.7 Å². The van der Waals surface area contributed by atoms with E-state index >= 15 is 0 Å². The van der Waals surface area contributed by atoms with Gasteiger partial charge in [0.1, 0.15) is 0 Å². The Bertz CT molecular complexity index is 783. The first-order chi connectivity index (χ1) is 11.3. The molecule has 5 nitrogen and oxygen atoms in total.